The van der Waals surface area contributed by atoms with Crippen molar-refractivity contribution in [3.05, 3.63) is 101 Å². The van der Waals surface area contributed by atoms with Gasteiger partial charge in [-0.1, -0.05) is 24.3 Å². The van der Waals surface area contributed by atoms with Crippen LogP contribution in [0.5, 0.6) is 5.75 Å². The standard InChI is InChI=1S/C26H23FN2O4/c1-16(2)33-21-5-3-4-19(14-21)24(30)22-23(18-6-8-20(27)9-7-18)29(26(32)25(22)31)15-17-10-12-28-13-11-17/h3-14,16,23,30H,15H2,1-2H3/b24-22-. The van der Waals surface area contributed by atoms with Crippen LogP contribution in [0.1, 0.15) is 36.6 Å². The van der Waals surface area contributed by atoms with Crippen molar-refractivity contribution < 1.29 is 23.8 Å². The molecule has 6 nitrogen and oxygen atoms in total. The number of aromatic nitrogens is 1. The number of hydrogen-bond acceptors (Lipinski definition) is 5. The minimum Gasteiger partial charge on any atom is -0.507 e. The van der Waals surface area contributed by atoms with Gasteiger partial charge in [-0.3, -0.25) is 14.6 Å². The summed E-state index contributed by atoms with van der Waals surface area (Å²) in [7, 11) is 0. The van der Waals surface area contributed by atoms with Gasteiger partial charge in [0.25, 0.3) is 11.7 Å². The third-order valence-corrected chi connectivity index (χ3v) is 5.31. The Labute approximate surface area is 191 Å². The number of ether oxygens (including phenoxy) is 1. The molecule has 1 N–H and O–H groups in total. The first-order chi connectivity index (χ1) is 15.8. The maximum atomic E-state index is 13.6. The molecular formula is C26H23FN2O4. The van der Waals surface area contributed by atoms with Gasteiger partial charge >= 0.3 is 0 Å². The van der Waals surface area contributed by atoms with Crippen molar-refractivity contribution in [2.45, 2.75) is 32.5 Å². The minimum atomic E-state index is -0.881. The van der Waals surface area contributed by atoms with E-state index in [2.05, 4.69) is 4.98 Å². The van der Waals surface area contributed by atoms with Crippen molar-refractivity contribution in [1.82, 2.24) is 9.88 Å². The number of pyridine rings is 1. The van der Waals surface area contributed by atoms with E-state index in [1.54, 1.807) is 48.8 Å². The van der Waals surface area contributed by atoms with Gasteiger partial charge in [-0.05, 0) is 61.4 Å². The SMILES string of the molecule is CC(C)Oc1cccc(/C(O)=C2/C(=O)C(=O)N(Cc3ccncc3)C2c2ccc(F)cc2)c1. The fourth-order valence-electron chi connectivity index (χ4n) is 3.86. The fourth-order valence-corrected chi connectivity index (χ4v) is 3.86. The molecule has 0 aliphatic carbocycles. The number of carbonyl (C=O) groups excluding carboxylic acids is 2. The zero-order valence-electron chi connectivity index (χ0n) is 18.2. The number of hydrogen-bond donors (Lipinski definition) is 1. The number of aliphatic hydroxyl groups excluding tert-OH is 1. The molecule has 1 amide bonds. The van der Waals surface area contributed by atoms with E-state index in [0.717, 1.165) is 5.56 Å². The zero-order chi connectivity index (χ0) is 23.5. The van der Waals surface area contributed by atoms with Crippen LogP contribution in [0, 0.1) is 5.82 Å². The van der Waals surface area contributed by atoms with Crippen molar-refractivity contribution in [3.8, 4) is 5.75 Å². The van der Waals surface area contributed by atoms with Gasteiger partial charge in [0, 0.05) is 24.5 Å². The van der Waals surface area contributed by atoms with Crippen LogP contribution < -0.4 is 4.74 Å². The maximum Gasteiger partial charge on any atom is 0.295 e. The van der Waals surface area contributed by atoms with Crippen LogP contribution in [0.2, 0.25) is 0 Å². The number of likely N-dealkylation sites (tertiary alicyclic amines) is 1. The third kappa shape index (κ3) is 4.62. The molecule has 168 valence electrons. The Kier molecular flexibility index (Phi) is 6.22. The van der Waals surface area contributed by atoms with E-state index in [1.165, 1.54) is 29.2 Å². The summed E-state index contributed by atoms with van der Waals surface area (Å²) in [4.78, 5) is 31.5. The van der Waals surface area contributed by atoms with E-state index in [-0.39, 0.29) is 24.0 Å². The predicted octanol–water partition coefficient (Wildman–Crippen LogP) is 4.63. The van der Waals surface area contributed by atoms with Crippen molar-refractivity contribution in [3.63, 3.8) is 0 Å². The molecule has 1 unspecified atom stereocenters. The van der Waals surface area contributed by atoms with Gasteiger partial charge in [0.1, 0.15) is 17.3 Å². The molecule has 0 saturated carbocycles. The predicted molar refractivity (Wildman–Crippen MR) is 121 cm³/mol. The average Bonchev–Trinajstić information content (AvgIpc) is 3.04. The van der Waals surface area contributed by atoms with Gasteiger partial charge < -0.3 is 14.7 Å². The summed E-state index contributed by atoms with van der Waals surface area (Å²) in [5.41, 5.74) is 1.58. The molecule has 0 bridgehead atoms. The molecule has 1 aliphatic heterocycles. The number of benzene rings is 2. The lowest BCUT2D eigenvalue weighted by Crippen LogP contribution is -2.29. The average molecular weight is 446 g/mol. The number of ketones is 1. The van der Waals surface area contributed by atoms with Gasteiger partial charge in [-0.25, -0.2) is 4.39 Å². The molecule has 4 rings (SSSR count). The first-order valence-electron chi connectivity index (χ1n) is 10.5. The highest BCUT2D eigenvalue weighted by Crippen LogP contribution is 2.40. The van der Waals surface area contributed by atoms with Crippen molar-refractivity contribution in [2.75, 3.05) is 0 Å². The van der Waals surface area contributed by atoms with Gasteiger partial charge in [0.15, 0.2) is 0 Å². The first kappa shape index (κ1) is 22.2. The Hall–Kier alpha value is -4.00. The maximum absolute atomic E-state index is 13.6. The number of halogens is 1. The topological polar surface area (TPSA) is 79.7 Å². The second-order valence-electron chi connectivity index (χ2n) is 8.03. The van der Waals surface area contributed by atoms with Crippen LogP contribution in [0.25, 0.3) is 5.76 Å². The van der Waals surface area contributed by atoms with E-state index >= 15 is 0 Å². The van der Waals surface area contributed by atoms with E-state index in [0.29, 0.717) is 16.9 Å². The molecule has 1 saturated heterocycles. The van der Waals surface area contributed by atoms with E-state index in [4.69, 9.17) is 4.74 Å². The summed E-state index contributed by atoms with van der Waals surface area (Å²) >= 11 is 0. The number of Topliss-reactive ketones (excluding diaryl/α,β-unsaturated/α-hetero) is 1. The number of aliphatic hydroxyl groups is 1. The number of rotatable bonds is 6. The summed E-state index contributed by atoms with van der Waals surface area (Å²) in [6.45, 7) is 3.89. The lowest BCUT2D eigenvalue weighted by atomic mass is 9.95. The summed E-state index contributed by atoms with van der Waals surface area (Å²) in [5.74, 6) is -1.76. The van der Waals surface area contributed by atoms with Crippen molar-refractivity contribution in [2.24, 2.45) is 0 Å². The highest BCUT2D eigenvalue weighted by Gasteiger charge is 2.46. The Bertz CT molecular complexity index is 1210. The Morgan fingerprint density at radius 1 is 1.09 bits per heavy atom. The molecule has 0 radical (unpaired) electrons. The third-order valence-electron chi connectivity index (χ3n) is 5.31. The van der Waals surface area contributed by atoms with Crippen LogP contribution in [0.15, 0.2) is 78.6 Å². The quantitative estimate of drug-likeness (QED) is 0.339. The lowest BCUT2D eigenvalue weighted by Gasteiger charge is -2.25. The Balaban J connectivity index is 1.83. The molecule has 7 heteroatoms. The van der Waals surface area contributed by atoms with E-state index in [1.807, 2.05) is 13.8 Å². The smallest absolute Gasteiger partial charge is 0.295 e. The molecule has 1 aromatic heterocycles. The molecule has 1 aliphatic rings. The summed E-state index contributed by atoms with van der Waals surface area (Å²) in [5, 5.41) is 11.2. The molecule has 2 aromatic carbocycles. The highest BCUT2D eigenvalue weighted by molar-refractivity contribution is 6.46. The first-order valence-corrected chi connectivity index (χ1v) is 10.5. The molecule has 1 fully saturated rings. The minimum absolute atomic E-state index is 0.0534. The van der Waals surface area contributed by atoms with Crippen molar-refractivity contribution in [1.29, 1.82) is 0 Å². The summed E-state index contributed by atoms with van der Waals surface area (Å²) in [6.07, 6.45) is 3.12. The fraction of sp³-hybridized carbons (Fsp3) is 0.192. The van der Waals surface area contributed by atoms with Gasteiger partial charge in [-0.15, -0.1) is 0 Å². The van der Waals surface area contributed by atoms with E-state index in [9.17, 15) is 19.1 Å². The summed E-state index contributed by atoms with van der Waals surface area (Å²) in [6, 6.07) is 14.9. The second-order valence-corrected chi connectivity index (χ2v) is 8.03. The molecule has 1 atom stereocenters. The molecule has 2 heterocycles. The number of amides is 1. The van der Waals surface area contributed by atoms with Gasteiger partial charge in [0.2, 0.25) is 0 Å². The Morgan fingerprint density at radius 2 is 1.79 bits per heavy atom. The lowest BCUT2D eigenvalue weighted by molar-refractivity contribution is -0.140. The Morgan fingerprint density at radius 3 is 2.45 bits per heavy atom. The van der Waals surface area contributed by atoms with Crippen LogP contribution in [-0.4, -0.2) is 32.8 Å². The van der Waals surface area contributed by atoms with Gasteiger partial charge in [0.05, 0.1) is 17.7 Å². The molecule has 0 spiro atoms. The number of carbonyl (C=O) groups is 2. The van der Waals surface area contributed by atoms with Crippen LogP contribution in [-0.2, 0) is 16.1 Å². The monoisotopic (exact) mass is 446 g/mol. The second kappa shape index (κ2) is 9.24. The normalized spacial score (nSPS) is 17.6. The highest BCUT2D eigenvalue weighted by atomic mass is 19.1. The van der Waals surface area contributed by atoms with Crippen LogP contribution in [0.3, 0.4) is 0 Å². The molecule has 3 aromatic rings. The largest absolute Gasteiger partial charge is 0.507 e. The summed E-state index contributed by atoms with van der Waals surface area (Å²) < 4.78 is 19.3. The van der Waals surface area contributed by atoms with Gasteiger partial charge in [-0.2, -0.15) is 0 Å². The number of nitrogens with zero attached hydrogens (tertiary/aromatic N) is 2. The van der Waals surface area contributed by atoms with Crippen LogP contribution >= 0.6 is 0 Å². The van der Waals surface area contributed by atoms with Crippen LogP contribution in [0.4, 0.5) is 4.39 Å². The molecular weight excluding hydrogens is 423 g/mol. The van der Waals surface area contributed by atoms with Crippen molar-refractivity contribution >= 4 is 17.4 Å². The van der Waals surface area contributed by atoms with E-state index < -0.39 is 23.5 Å². The molecule has 33 heavy (non-hydrogen) atoms. The zero-order valence-corrected chi connectivity index (χ0v) is 18.2.